The van der Waals surface area contributed by atoms with Gasteiger partial charge in [-0.15, -0.1) is 0 Å². The smallest absolute Gasteiger partial charge is 0.0492 e. The van der Waals surface area contributed by atoms with E-state index in [2.05, 4.69) is 59.5 Å². The lowest BCUT2D eigenvalue weighted by Crippen LogP contribution is -2.52. The highest BCUT2D eigenvalue weighted by molar-refractivity contribution is 5.46. The van der Waals surface area contributed by atoms with Crippen molar-refractivity contribution in [3.63, 3.8) is 0 Å². The maximum atomic E-state index is 2.86. The summed E-state index contributed by atoms with van der Waals surface area (Å²) in [5, 5.41) is 0. The van der Waals surface area contributed by atoms with E-state index in [1.807, 2.05) is 0 Å². The average Bonchev–Trinajstić information content (AvgIpc) is 3.02. The fraction of sp³-hybridized carbons (Fsp3) is 0.455. The fourth-order valence-electron chi connectivity index (χ4n) is 5.80. The van der Waals surface area contributed by atoms with Gasteiger partial charge < -0.3 is 0 Å². The van der Waals surface area contributed by atoms with Crippen molar-refractivity contribution in [3.05, 3.63) is 71.3 Å². The Kier molecular flexibility index (Phi) is 3.12. The van der Waals surface area contributed by atoms with E-state index in [1.54, 1.807) is 11.1 Å². The van der Waals surface area contributed by atoms with Gasteiger partial charge in [0.15, 0.2) is 0 Å². The standard InChI is InChI=1S/C22H25N/c1-2-8-17(9-3-1)20-16-23-15-13-18-10-6-7-14-22(18,23)21-12-5-4-11-19(20)21/h1-5,8-9,11-12,18,20H,6-7,10,13-16H2/t18-,20-,22-/m0/s1. The van der Waals surface area contributed by atoms with E-state index in [0.29, 0.717) is 11.5 Å². The summed E-state index contributed by atoms with van der Waals surface area (Å²) in [6, 6.07) is 20.5. The van der Waals surface area contributed by atoms with E-state index < -0.39 is 0 Å². The molecule has 2 aromatic carbocycles. The van der Waals surface area contributed by atoms with Crippen LogP contribution in [-0.2, 0) is 5.54 Å². The number of hydrogen-bond donors (Lipinski definition) is 0. The average molecular weight is 303 g/mol. The SMILES string of the molecule is c1ccc([C@@H]2CN3CC[C@@H]4CCCC[C@@]43c3ccccc32)cc1. The molecule has 0 radical (unpaired) electrons. The number of benzene rings is 2. The predicted molar refractivity (Wildman–Crippen MR) is 94.6 cm³/mol. The second-order valence-corrected chi connectivity index (χ2v) is 7.65. The lowest BCUT2D eigenvalue weighted by molar-refractivity contribution is 0.0453. The van der Waals surface area contributed by atoms with Gasteiger partial charge in [-0.3, -0.25) is 4.90 Å². The molecule has 1 spiro atoms. The minimum atomic E-state index is 0.361. The molecule has 2 fully saturated rings. The Labute approximate surface area is 139 Å². The summed E-state index contributed by atoms with van der Waals surface area (Å²) in [7, 11) is 0. The van der Waals surface area contributed by atoms with Crippen molar-refractivity contribution in [3.8, 4) is 0 Å². The third-order valence-corrected chi connectivity index (χ3v) is 6.76. The maximum Gasteiger partial charge on any atom is 0.0492 e. The minimum Gasteiger partial charge on any atom is -0.292 e. The lowest BCUT2D eigenvalue weighted by atomic mass is 9.65. The molecule has 0 amide bonds. The molecule has 1 heteroatoms. The van der Waals surface area contributed by atoms with Crippen molar-refractivity contribution in [1.82, 2.24) is 4.90 Å². The van der Waals surface area contributed by atoms with E-state index in [9.17, 15) is 0 Å². The minimum absolute atomic E-state index is 0.361. The molecule has 3 atom stereocenters. The van der Waals surface area contributed by atoms with Crippen molar-refractivity contribution in [1.29, 1.82) is 0 Å². The predicted octanol–water partition coefficient (Wildman–Crippen LogP) is 4.92. The molecule has 23 heavy (non-hydrogen) atoms. The second-order valence-electron chi connectivity index (χ2n) is 7.65. The van der Waals surface area contributed by atoms with Crippen molar-refractivity contribution >= 4 is 0 Å². The van der Waals surface area contributed by atoms with Crippen LogP contribution >= 0.6 is 0 Å². The molecule has 1 saturated heterocycles. The highest BCUT2D eigenvalue weighted by Gasteiger charge is 2.54. The van der Waals surface area contributed by atoms with Gasteiger partial charge in [-0.2, -0.15) is 0 Å². The second kappa shape index (κ2) is 5.21. The summed E-state index contributed by atoms with van der Waals surface area (Å²) in [5.41, 5.74) is 5.10. The molecule has 0 N–H and O–H groups in total. The van der Waals surface area contributed by atoms with Crippen molar-refractivity contribution in [2.75, 3.05) is 13.1 Å². The van der Waals surface area contributed by atoms with Gasteiger partial charge in [0, 0.05) is 18.0 Å². The van der Waals surface area contributed by atoms with Crippen LogP contribution in [0.4, 0.5) is 0 Å². The molecule has 1 aliphatic carbocycles. The van der Waals surface area contributed by atoms with Gasteiger partial charge in [0.05, 0.1) is 0 Å². The molecule has 2 aromatic rings. The number of rotatable bonds is 1. The molecule has 0 aromatic heterocycles. The first kappa shape index (κ1) is 13.8. The largest absolute Gasteiger partial charge is 0.292 e. The van der Waals surface area contributed by atoms with Crippen LogP contribution in [0, 0.1) is 5.92 Å². The van der Waals surface area contributed by atoms with Gasteiger partial charge >= 0.3 is 0 Å². The lowest BCUT2D eigenvalue weighted by Gasteiger charge is -2.51. The zero-order valence-electron chi connectivity index (χ0n) is 13.7. The van der Waals surface area contributed by atoms with Crippen LogP contribution in [0.5, 0.6) is 0 Å². The molecule has 1 nitrogen and oxygen atoms in total. The van der Waals surface area contributed by atoms with Crippen molar-refractivity contribution < 1.29 is 0 Å². The van der Waals surface area contributed by atoms with E-state index in [0.717, 1.165) is 5.92 Å². The molecule has 118 valence electrons. The Hall–Kier alpha value is -1.60. The molecule has 1 saturated carbocycles. The zero-order valence-corrected chi connectivity index (χ0v) is 13.7. The van der Waals surface area contributed by atoms with Gasteiger partial charge in [0.2, 0.25) is 0 Å². The Bertz CT molecular complexity index is 707. The number of nitrogens with zero attached hydrogens (tertiary/aromatic N) is 1. The Morgan fingerprint density at radius 3 is 2.61 bits per heavy atom. The van der Waals surface area contributed by atoms with E-state index in [-0.39, 0.29) is 0 Å². The third-order valence-electron chi connectivity index (χ3n) is 6.76. The van der Waals surface area contributed by atoms with Crippen molar-refractivity contribution in [2.45, 2.75) is 43.6 Å². The quantitative estimate of drug-likeness (QED) is 0.722. The fourth-order valence-corrected chi connectivity index (χ4v) is 5.80. The van der Waals surface area contributed by atoms with Crippen LogP contribution in [0.25, 0.3) is 0 Å². The van der Waals surface area contributed by atoms with Crippen LogP contribution in [-0.4, -0.2) is 18.0 Å². The molecule has 5 rings (SSSR count). The molecule has 0 unspecified atom stereocenters. The summed E-state index contributed by atoms with van der Waals surface area (Å²) in [6.07, 6.45) is 7.04. The van der Waals surface area contributed by atoms with E-state index in [4.69, 9.17) is 0 Å². The maximum absolute atomic E-state index is 2.86. The molecule has 3 aliphatic rings. The van der Waals surface area contributed by atoms with Crippen LogP contribution < -0.4 is 0 Å². The van der Waals surface area contributed by atoms with E-state index in [1.165, 1.54) is 50.8 Å². The summed E-state index contributed by atoms with van der Waals surface area (Å²) in [4.78, 5) is 2.86. The van der Waals surface area contributed by atoms with Gasteiger partial charge in [0.25, 0.3) is 0 Å². The highest BCUT2D eigenvalue weighted by Crippen LogP contribution is 2.56. The van der Waals surface area contributed by atoms with Gasteiger partial charge in [0.1, 0.15) is 0 Å². The normalized spacial score (nSPS) is 32.9. The highest BCUT2D eigenvalue weighted by atomic mass is 15.2. The van der Waals surface area contributed by atoms with Crippen LogP contribution in [0.3, 0.4) is 0 Å². The van der Waals surface area contributed by atoms with Crippen LogP contribution in [0.2, 0.25) is 0 Å². The van der Waals surface area contributed by atoms with Crippen LogP contribution in [0.1, 0.15) is 54.7 Å². The molecule has 2 aliphatic heterocycles. The van der Waals surface area contributed by atoms with Crippen LogP contribution in [0.15, 0.2) is 54.6 Å². The first-order valence-electron chi connectivity index (χ1n) is 9.29. The first-order chi connectivity index (χ1) is 11.4. The Morgan fingerprint density at radius 2 is 1.70 bits per heavy atom. The van der Waals surface area contributed by atoms with Gasteiger partial charge in [-0.1, -0.05) is 67.4 Å². The zero-order chi connectivity index (χ0) is 15.3. The molecule has 0 bridgehead atoms. The monoisotopic (exact) mass is 303 g/mol. The topological polar surface area (TPSA) is 3.24 Å². The summed E-state index contributed by atoms with van der Waals surface area (Å²) in [6.45, 7) is 2.50. The number of hydrogen-bond acceptors (Lipinski definition) is 1. The first-order valence-corrected chi connectivity index (χ1v) is 9.29. The Morgan fingerprint density at radius 1 is 0.870 bits per heavy atom. The van der Waals surface area contributed by atoms with Crippen molar-refractivity contribution in [2.24, 2.45) is 5.92 Å². The van der Waals surface area contributed by atoms with Gasteiger partial charge in [-0.05, 0) is 48.4 Å². The third kappa shape index (κ3) is 1.89. The molecular formula is C22H25N. The molecular weight excluding hydrogens is 278 g/mol. The molecule has 2 heterocycles. The number of fused-ring (bicyclic) bond motifs is 1. The van der Waals surface area contributed by atoms with Gasteiger partial charge in [-0.25, -0.2) is 0 Å². The summed E-state index contributed by atoms with van der Waals surface area (Å²) < 4.78 is 0. The Balaban J connectivity index is 1.68. The summed E-state index contributed by atoms with van der Waals surface area (Å²) in [5.74, 6) is 1.42. The summed E-state index contributed by atoms with van der Waals surface area (Å²) >= 11 is 0. The van der Waals surface area contributed by atoms with E-state index >= 15 is 0 Å².